The predicted octanol–water partition coefficient (Wildman–Crippen LogP) is 3.05. The molecule has 1 aromatic rings. The third kappa shape index (κ3) is 3.03. The minimum absolute atomic E-state index is 0.0875. The Balaban J connectivity index is 2.50. The van der Waals surface area contributed by atoms with Crippen LogP contribution in [0.5, 0.6) is 0 Å². The molecule has 122 valence electrons. The van der Waals surface area contributed by atoms with Gasteiger partial charge in [0.25, 0.3) is 0 Å². The van der Waals surface area contributed by atoms with Gasteiger partial charge in [0.1, 0.15) is 0 Å². The first-order valence-electron chi connectivity index (χ1n) is 6.67. The number of hydrogen-bond acceptors (Lipinski definition) is 4. The van der Waals surface area contributed by atoms with Crippen LogP contribution in [0.1, 0.15) is 18.9 Å². The van der Waals surface area contributed by atoms with Gasteiger partial charge in [0, 0.05) is 18.8 Å². The van der Waals surface area contributed by atoms with Crippen molar-refractivity contribution in [2.24, 2.45) is 4.99 Å². The van der Waals surface area contributed by atoms with Gasteiger partial charge in [-0.3, -0.25) is 9.71 Å². The highest BCUT2D eigenvalue weighted by Gasteiger charge is 2.46. The molecular weight excluding hydrogens is 319 g/mol. The molecule has 0 aromatic heterocycles. The SMILES string of the molecule is C=Nc1cc2c(cc1NS(=O)(=O)C(F)(F)F)N(CC)CCC2. The molecule has 0 spiro atoms. The molecule has 1 N–H and O–H groups in total. The van der Waals surface area contributed by atoms with Gasteiger partial charge in [-0.15, -0.1) is 0 Å². The van der Waals surface area contributed by atoms with Crippen LogP contribution in [0.25, 0.3) is 0 Å². The molecule has 1 aliphatic rings. The fraction of sp³-hybridized carbons (Fsp3) is 0.462. The highest BCUT2D eigenvalue weighted by Crippen LogP contribution is 2.38. The van der Waals surface area contributed by atoms with E-state index in [2.05, 4.69) is 11.7 Å². The van der Waals surface area contributed by atoms with E-state index in [1.165, 1.54) is 6.07 Å². The lowest BCUT2D eigenvalue weighted by Crippen LogP contribution is -2.31. The molecule has 0 aliphatic carbocycles. The summed E-state index contributed by atoms with van der Waals surface area (Å²) >= 11 is 0. The summed E-state index contributed by atoms with van der Waals surface area (Å²) < 4.78 is 61.7. The maximum absolute atomic E-state index is 12.5. The number of hydrogen-bond donors (Lipinski definition) is 1. The van der Waals surface area contributed by atoms with Crippen molar-refractivity contribution in [1.29, 1.82) is 0 Å². The van der Waals surface area contributed by atoms with Crippen molar-refractivity contribution in [3.05, 3.63) is 17.7 Å². The van der Waals surface area contributed by atoms with Crippen molar-refractivity contribution in [1.82, 2.24) is 0 Å². The zero-order chi connectivity index (χ0) is 16.5. The van der Waals surface area contributed by atoms with E-state index in [9.17, 15) is 21.6 Å². The summed E-state index contributed by atoms with van der Waals surface area (Å²) in [6, 6.07) is 2.98. The molecule has 0 bridgehead atoms. The maximum Gasteiger partial charge on any atom is 0.516 e. The molecule has 5 nitrogen and oxygen atoms in total. The number of sulfonamides is 1. The summed E-state index contributed by atoms with van der Waals surface area (Å²) in [4.78, 5) is 5.62. The van der Waals surface area contributed by atoms with Gasteiger partial charge in [0.2, 0.25) is 0 Å². The number of fused-ring (bicyclic) bond motifs is 1. The molecule has 2 rings (SSSR count). The van der Waals surface area contributed by atoms with E-state index in [1.807, 2.05) is 11.8 Å². The van der Waals surface area contributed by atoms with Crippen LogP contribution < -0.4 is 9.62 Å². The van der Waals surface area contributed by atoms with Crippen molar-refractivity contribution < 1.29 is 21.6 Å². The zero-order valence-corrected chi connectivity index (χ0v) is 12.8. The molecule has 22 heavy (non-hydrogen) atoms. The second-order valence-corrected chi connectivity index (χ2v) is 6.56. The average molecular weight is 335 g/mol. The second-order valence-electron chi connectivity index (χ2n) is 4.89. The van der Waals surface area contributed by atoms with Gasteiger partial charge in [-0.2, -0.15) is 21.6 Å². The Morgan fingerprint density at radius 2 is 2.09 bits per heavy atom. The van der Waals surface area contributed by atoms with Crippen molar-refractivity contribution in [2.75, 3.05) is 22.7 Å². The van der Waals surface area contributed by atoms with Crippen LogP contribution in [0.15, 0.2) is 17.1 Å². The Morgan fingerprint density at radius 3 is 2.64 bits per heavy atom. The minimum atomic E-state index is -5.49. The monoisotopic (exact) mass is 335 g/mol. The highest BCUT2D eigenvalue weighted by molar-refractivity contribution is 7.93. The summed E-state index contributed by atoms with van der Waals surface area (Å²) in [5, 5.41) is 0. The number of halogens is 3. The van der Waals surface area contributed by atoms with Gasteiger partial charge in [-0.25, -0.2) is 0 Å². The lowest BCUT2D eigenvalue weighted by Gasteiger charge is -2.31. The van der Waals surface area contributed by atoms with Crippen LogP contribution in [0.3, 0.4) is 0 Å². The Morgan fingerprint density at radius 1 is 1.41 bits per heavy atom. The predicted molar refractivity (Wildman–Crippen MR) is 80.5 cm³/mol. The average Bonchev–Trinajstić information content (AvgIpc) is 2.44. The standard InChI is InChI=1S/C13H16F3N3O2S/c1-3-19-6-4-5-9-7-10(17-2)11(8-12(9)19)18-22(20,21)13(14,15)16/h7-8,18H,2-6H2,1H3. The van der Waals surface area contributed by atoms with Gasteiger partial charge in [0.05, 0.1) is 11.4 Å². The fourth-order valence-electron chi connectivity index (χ4n) is 2.44. The Bertz CT molecular complexity index is 687. The van der Waals surface area contributed by atoms with E-state index < -0.39 is 15.5 Å². The van der Waals surface area contributed by atoms with Gasteiger partial charge < -0.3 is 4.90 Å². The Kier molecular flexibility index (Phi) is 4.37. The van der Waals surface area contributed by atoms with E-state index in [4.69, 9.17) is 0 Å². The molecule has 0 saturated heterocycles. The van der Waals surface area contributed by atoms with Crippen LogP contribution in [0, 0.1) is 0 Å². The van der Waals surface area contributed by atoms with Crippen molar-refractivity contribution in [3.8, 4) is 0 Å². The number of aliphatic imine (C=N–C) groups is 1. The summed E-state index contributed by atoms with van der Waals surface area (Å²) in [5.74, 6) is 0. The van der Waals surface area contributed by atoms with Crippen LogP contribution in [-0.4, -0.2) is 33.7 Å². The second kappa shape index (κ2) is 5.79. The van der Waals surface area contributed by atoms with E-state index in [-0.39, 0.29) is 11.4 Å². The normalized spacial score (nSPS) is 15.4. The largest absolute Gasteiger partial charge is 0.516 e. The summed E-state index contributed by atoms with van der Waals surface area (Å²) in [5.41, 5.74) is -3.87. The molecule has 0 radical (unpaired) electrons. The van der Waals surface area contributed by atoms with Gasteiger partial charge in [-0.1, -0.05) is 0 Å². The van der Waals surface area contributed by atoms with Crippen LogP contribution >= 0.6 is 0 Å². The van der Waals surface area contributed by atoms with Gasteiger partial charge >= 0.3 is 15.5 Å². The number of anilines is 2. The Hall–Kier alpha value is -1.77. The van der Waals surface area contributed by atoms with Crippen LogP contribution in [0.4, 0.5) is 30.2 Å². The Labute approximate surface area is 126 Å². The first kappa shape index (κ1) is 16.6. The molecule has 1 aliphatic heterocycles. The summed E-state index contributed by atoms with van der Waals surface area (Å²) in [6.45, 7) is 6.67. The molecular formula is C13H16F3N3O2S. The summed E-state index contributed by atoms with van der Waals surface area (Å²) in [7, 11) is -5.49. The molecule has 0 saturated carbocycles. The van der Waals surface area contributed by atoms with Crippen LogP contribution in [0.2, 0.25) is 0 Å². The molecule has 0 atom stereocenters. The molecule has 1 heterocycles. The zero-order valence-electron chi connectivity index (χ0n) is 11.9. The molecule has 0 amide bonds. The van der Waals surface area contributed by atoms with Gasteiger partial charge in [-0.05, 0) is 44.2 Å². The van der Waals surface area contributed by atoms with E-state index in [0.717, 1.165) is 30.6 Å². The van der Waals surface area contributed by atoms with E-state index >= 15 is 0 Å². The summed E-state index contributed by atoms with van der Waals surface area (Å²) in [6.07, 6.45) is 1.69. The maximum atomic E-state index is 12.5. The van der Waals surface area contributed by atoms with Gasteiger partial charge in [0.15, 0.2) is 0 Å². The number of alkyl halides is 3. The number of aryl methyl sites for hydroxylation is 1. The highest BCUT2D eigenvalue weighted by atomic mass is 32.2. The quantitative estimate of drug-likeness (QED) is 0.860. The number of rotatable bonds is 4. The molecule has 9 heteroatoms. The molecule has 0 unspecified atom stereocenters. The first-order valence-corrected chi connectivity index (χ1v) is 8.15. The first-order chi connectivity index (χ1) is 10.2. The topological polar surface area (TPSA) is 61.8 Å². The van der Waals surface area contributed by atoms with Crippen molar-refractivity contribution in [2.45, 2.75) is 25.3 Å². The number of nitrogens with one attached hydrogen (secondary N) is 1. The lowest BCUT2D eigenvalue weighted by molar-refractivity contribution is -0.0429. The van der Waals surface area contributed by atoms with Crippen molar-refractivity contribution in [3.63, 3.8) is 0 Å². The fourth-order valence-corrected chi connectivity index (χ4v) is 3.01. The number of nitrogens with zero attached hydrogens (tertiary/aromatic N) is 2. The van der Waals surface area contributed by atoms with Crippen molar-refractivity contribution >= 4 is 33.8 Å². The van der Waals surface area contributed by atoms with E-state index in [1.54, 1.807) is 10.8 Å². The lowest BCUT2D eigenvalue weighted by atomic mass is 10.00. The minimum Gasteiger partial charge on any atom is -0.372 e. The third-order valence-electron chi connectivity index (χ3n) is 3.51. The smallest absolute Gasteiger partial charge is 0.372 e. The molecule has 0 fully saturated rings. The van der Waals surface area contributed by atoms with Crippen LogP contribution in [-0.2, 0) is 16.4 Å². The number of benzene rings is 1. The van der Waals surface area contributed by atoms with E-state index in [0.29, 0.717) is 6.54 Å². The third-order valence-corrected chi connectivity index (χ3v) is 4.61. The molecule has 1 aromatic carbocycles.